The molecule has 1 unspecified atom stereocenters. The van der Waals surface area contributed by atoms with E-state index >= 15 is 0 Å². The first kappa shape index (κ1) is 25.6. The number of Topliss-reactive ketones (excluding diaryl/α,β-unsaturated/α-hetero) is 1. The van der Waals surface area contributed by atoms with Gasteiger partial charge in [-0.15, -0.1) is 0 Å². The number of aromatic nitrogens is 4. The van der Waals surface area contributed by atoms with Gasteiger partial charge in [0.25, 0.3) is 5.56 Å². The number of nitrogens with one attached hydrogen (secondary N) is 1. The van der Waals surface area contributed by atoms with E-state index in [1.165, 1.54) is 23.0 Å². The molecule has 3 N–H and O–H groups in total. The Labute approximate surface area is 220 Å². The van der Waals surface area contributed by atoms with Crippen LogP contribution in [0.25, 0.3) is 11.2 Å². The van der Waals surface area contributed by atoms with E-state index in [1.807, 2.05) is 34.9 Å². The number of imidazole rings is 1. The number of fused-ring (bicyclic) bond motifs is 1. The number of piperidine rings is 1. The molecule has 0 bridgehead atoms. The molecule has 0 amide bonds. The van der Waals surface area contributed by atoms with Gasteiger partial charge in [-0.1, -0.05) is 42.5 Å². The second kappa shape index (κ2) is 10.4. The molecule has 12 heteroatoms. The third-order valence-electron chi connectivity index (χ3n) is 6.47. The molecule has 5 rings (SSSR count). The first-order valence-corrected chi connectivity index (χ1v) is 14.2. The van der Waals surface area contributed by atoms with E-state index in [2.05, 4.69) is 14.6 Å². The largest absolute Gasteiger partial charge is 0.341 e. The predicted molar refractivity (Wildman–Crippen MR) is 146 cm³/mol. The summed E-state index contributed by atoms with van der Waals surface area (Å²) in [5.41, 5.74) is 7.71. The van der Waals surface area contributed by atoms with Crippen molar-refractivity contribution in [3.63, 3.8) is 0 Å². The van der Waals surface area contributed by atoms with Crippen molar-refractivity contribution in [2.24, 2.45) is 5.73 Å². The second-order valence-electron chi connectivity index (χ2n) is 9.52. The van der Waals surface area contributed by atoms with Crippen LogP contribution < -0.4 is 20.9 Å². The van der Waals surface area contributed by atoms with E-state index in [9.17, 15) is 18.0 Å². The van der Waals surface area contributed by atoms with Gasteiger partial charge in [0, 0.05) is 24.7 Å². The molecule has 1 aliphatic heterocycles. The Bertz CT molecular complexity index is 1650. The molecule has 0 spiro atoms. The molecule has 3 heterocycles. The molecule has 1 aliphatic rings. The molecule has 2 aromatic heterocycles. The predicted octanol–water partition coefficient (Wildman–Crippen LogP) is 1.82. The van der Waals surface area contributed by atoms with Gasteiger partial charge >= 0.3 is 0 Å². The fourth-order valence-corrected chi connectivity index (χ4v) is 5.34. The van der Waals surface area contributed by atoms with E-state index in [1.54, 1.807) is 12.1 Å². The number of para-hydroxylation sites is 1. The summed E-state index contributed by atoms with van der Waals surface area (Å²) in [6.45, 7) is 1.47. The van der Waals surface area contributed by atoms with Crippen LogP contribution in [-0.4, -0.2) is 58.7 Å². The second-order valence-corrected chi connectivity index (χ2v) is 11.3. The van der Waals surface area contributed by atoms with Crippen LogP contribution in [0.5, 0.6) is 0 Å². The highest BCUT2D eigenvalue weighted by molar-refractivity contribution is 7.92. The summed E-state index contributed by atoms with van der Waals surface area (Å²) in [4.78, 5) is 38.2. The molecule has 1 saturated heterocycles. The lowest BCUT2D eigenvalue weighted by Gasteiger charge is -2.31. The summed E-state index contributed by atoms with van der Waals surface area (Å²) in [5, 5.41) is 0. The molecule has 0 radical (unpaired) electrons. The average molecular weight is 536 g/mol. The highest BCUT2D eigenvalue weighted by Gasteiger charge is 2.25. The van der Waals surface area contributed by atoms with Crippen molar-refractivity contribution in [1.29, 1.82) is 0 Å². The number of ketones is 1. The van der Waals surface area contributed by atoms with Gasteiger partial charge in [0.1, 0.15) is 6.33 Å². The van der Waals surface area contributed by atoms with Gasteiger partial charge in [0.2, 0.25) is 16.0 Å². The summed E-state index contributed by atoms with van der Waals surface area (Å²) in [5.74, 6) is 0.187. The number of anilines is 2. The number of carbonyl (C=O) groups is 1. The first-order chi connectivity index (χ1) is 18.2. The molecule has 0 aliphatic carbocycles. The molecule has 198 valence electrons. The average Bonchev–Trinajstić information content (AvgIpc) is 3.24. The number of carbonyl (C=O) groups excluding carboxylic acids is 1. The van der Waals surface area contributed by atoms with Gasteiger partial charge in [-0.3, -0.25) is 23.4 Å². The topological polar surface area (TPSA) is 145 Å². The van der Waals surface area contributed by atoms with Crippen LogP contribution in [0.15, 0.2) is 65.7 Å². The number of nitrogens with two attached hydrogens (primary N) is 1. The van der Waals surface area contributed by atoms with Crippen LogP contribution in [0, 0.1) is 0 Å². The summed E-state index contributed by atoms with van der Waals surface area (Å²) >= 11 is 0. The quantitative estimate of drug-likeness (QED) is 0.325. The highest BCUT2D eigenvalue weighted by atomic mass is 32.2. The monoisotopic (exact) mass is 535 g/mol. The van der Waals surface area contributed by atoms with Crippen LogP contribution in [0.1, 0.15) is 28.8 Å². The van der Waals surface area contributed by atoms with Crippen LogP contribution in [0.3, 0.4) is 0 Å². The Hall–Kier alpha value is -4.03. The van der Waals surface area contributed by atoms with Crippen molar-refractivity contribution >= 4 is 38.6 Å². The molecule has 0 saturated carbocycles. The zero-order valence-electron chi connectivity index (χ0n) is 20.9. The maximum atomic E-state index is 13.7. The minimum atomic E-state index is -3.60. The smallest absolute Gasteiger partial charge is 0.280 e. The minimum absolute atomic E-state index is 0.0107. The zero-order chi connectivity index (χ0) is 26.9. The van der Waals surface area contributed by atoms with Gasteiger partial charge in [-0.2, -0.15) is 4.98 Å². The molecular weight excluding hydrogens is 506 g/mol. The lowest BCUT2D eigenvalue weighted by atomic mass is 10.1. The Morgan fingerprint density at radius 2 is 1.87 bits per heavy atom. The number of hydrogen-bond donors (Lipinski definition) is 2. The van der Waals surface area contributed by atoms with E-state index in [-0.39, 0.29) is 23.8 Å². The van der Waals surface area contributed by atoms with Crippen LogP contribution in [-0.2, 0) is 23.1 Å². The van der Waals surface area contributed by atoms with Crippen molar-refractivity contribution in [3.8, 4) is 0 Å². The Balaban J connectivity index is 1.56. The van der Waals surface area contributed by atoms with Crippen LogP contribution in [0.4, 0.5) is 11.6 Å². The lowest BCUT2D eigenvalue weighted by molar-refractivity contribution is 0.0971. The van der Waals surface area contributed by atoms with Crippen LogP contribution in [0.2, 0.25) is 0 Å². The maximum absolute atomic E-state index is 13.7. The molecule has 4 aromatic rings. The van der Waals surface area contributed by atoms with Gasteiger partial charge in [-0.25, -0.2) is 13.4 Å². The fraction of sp³-hybridized carbons (Fsp3) is 0.308. The summed E-state index contributed by atoms with van der Waals surface area (Å²) in [6, 6.07) is 16.0. The molecular formula is C26H29N7O4S. The summed E-state index contributed by atoms with van der Waals surface area (Å²) in [7, 11) is -3.60. The van der Waals surface area contributed by atoms with Gasteiger partial charge in [0.15, 0.2) is 16.9 Å². The third kappa shape index (κ3) is 5.46. The Morgan fingerprint density at radius 3 is 2.61 bits per heavy atom. The summed E-state index contributed by atoms with van der Waals surface area (Å²) in [6.07, 6.45) is 4.17. The minimum Gasteiger partial charge on any atom is -0.341 e. The standard InChI is InChI=1S/C26H29N7O4S/c1-38(36,37)30-21-12-6-5-11-20(21)22(34)16-32-17-28-24-23(25(32)35)33(14-18-8-3-2-4-9-18)26(29-24)31-13-7-10-19(27)15-31/h2-6,8-9,11-12,17,19,30H,7,10,13-16,27H2,1H3. The van der Waals surface area contributed by atoms with Gasteiger partial charge in [0.05, 0.1) is 25.0 Å². The van der Waals surface area contributed by atoms with Gasteiger partial charge < -0.3 is 10.6 Å². The van der Waals surface area contributed by atoms with E-state index in [0.29, 0.717) is 30.2 Å². The van der Waals surface area contributed by atoms with Crippen LogP contribution >= 0.6 is 0 Å². The van der Waals surface area contributed by atoms with E-state index < -0.39 is 21.4 Å². The van der Waals surface area contributed by atoms with E-state index in [0.717, 1.165) is 31.2 Å². The first-order valence-electron chi connectivity index (χ1n) is 12.3. The number of rotatable bonds is 8. The van der Waals surface area contributed by atoms with E-state index in [4.69, 9.17) is 10.7 Å². The van der Waals surface area contributed by atoms with Crippen molar-refractivity contribution in [3.05, 3.63) is 82.4 Å². The van der Waals surface area contributed by atoms with Gasteiger partial charge in [-0.05, 0) is 30.5 Å². The van der Waals surface area contributed by atoms with Crippen molar-refractivity contribution in [1.82, 2.24) is 19.1 Å². The number of hydrogen-bond acceptors (Lipinski definition) is 8. The SMILES string of the molecule is CS(=O)(=O)Nc1ccccc1C(=O)Cn1cnc2nc(N3CCCC(N)C3)n(Cc3ccccc3)c2c1=O. The molecule has 2 aromatic carbocycles. The lowest BCUT2D eigenvalue weighted by Crippen LogP contribution is -2.44. The molecule has 1 atom stereocenters. The Morgan fingerprint density at radius 1 is 1.13 bits per heavy atom. The molecule has 11 nitrogen and oxygen atoms in total. The molecule has 38 heavy (non-hydrogen) atoms. The summed E-state index contributed by atoms with van der Waals surface area (Å²) < 4.78 is 29.0. The van der Waals surface area contributed by atoms with Crippen molar-refractivity contribution < 1.29 is 13.2 Å². The third-order valence-corrected chi connectivity index (χ3v) is 7.06. The number of sulfonamides is 1. The Kier molecular flexibility index (Phi) is 7.00. The molecule has 1 fully saturated rings. The zero-order valence-corrected chi connectivity index (χ0v) is 21.8. The number of nitrogens with zero attached hydrogens (tertiary/aromatic N) is 5. The van der Waals surface area contributed by atoms with Crippen molar-refractivity contribution in [2.75, 3.05) is 29.0 Å². The maximum Gasteiger partial charge on any atom is 0.280 e. The number of benzene rings is 2. The fourth-order valence-electron chi connectivity index (χ4n) is 4.76. The van der Waals surface area contributed by atoms with Crippen molar-refractivity contribution in [2.45, 2.75) is 32.0 Å². The highest BCUT2D eigenvalue weighted by Crippen LogP contribution is 2.24. The normalized spacial score (nSPS) is 16.1.